The van der Waals surface area contributed by atoms with E-state index in [4.69, 9.17) is 8.83 Å². The quantitative estimate of drug-likeness (QED) is 0.745. The molecule has 0 saturated carbocycles. The molecule has 7 nitrogen and oxygen atoms in total. The van der Waals surface area contributed by atoms with Gasteiger partial charge in [0.15, 0.2) is 0 Å². The maximum absolute atomic E-state index is 12.6. The number of fused-ring (bicyclic) bond motifs is 1. The van der Waals surface area contributed by atoms with Crippen LogP contribution in [0.2, 0.25) is 0 Å². The number of nitrogens with one attached hydrogen (secondary N) is 1. The van der Waals surface area contributed by atoms with Crippen LogP contribution in [0.4, 0.5) is 5.82 Å². The number of carbonyl (C=O) groups excluding carboxylic acids is 1. The number of piperidine rings is 1. The average Bonchev–Trinajstić information content (AvgIpc) is 3.30. The van der Waals surface area contributed by atoms with Gasteiger partial charge in [0.25, 0.3) is 0 Å². The van der Waals surface area contributed by atoms with Crippen molar-refractivity contribution in [3.63, 3.8) is 0 Å². The first-order valence-electron chi connectivity index (χ1n) is 9.39. The number of nitrogens with zero attached hydrogens (tertiary/aromatic N) is 3. The molecule has 0 bridgehead atoms. The summed E-state index contributed by atoms with van der Waals surface area (Å²) in [6.07, 6.45) is 5.73. The fourth-order valence-electron chi connectivity index (χ4n) is 3.70. The lowest BCUT2D eigenvalue weighted by Gasteiger charge is -2.33. The second kappa shape index (κ2) is 7.42. The van der Waals surface area contributed by atoms with Gasteiger partial charge in [0.2, 0.25) is 11.6 Å². The Bertz CT molecular complexity index is 932. The monoisotopic (exact) mass is 368 g/mol. The average molecular weight is 368 g/mol. The fraction of sp³-hybridized carbons (Fsp3) is 0.450. The van der Waals surface area contributed by atoms with Crippen LogP contribution in [0, 0.1) is 19.8 Å². The van der Waals surface area contributed by atoms with Gasteiger partial charge in [-0.3, -0.25) is 4.79 Å². The summed E-state index contributed by atoms with van der Waals surface area (Å²) in [5, 5.41) is 3.99. The van der Waals surface area contributed by atoms with Crippen LogP contribution in [0.25, 0.3) is 11.1 Å². The predicted octanol–water partition coefficient (Wildman–Crippen LogP) is 3.01. The van der Waals surface area contributed by atoms with Crippen LogP contribution in [-0.4, -0.2) is 35.5 Å². The van der Waals surface area contributed by atoms with Gasteiger partial charge in [-0.2, -0.15) is 0 Å². The second-order valence-corrected chi connectivity index (χ2v) is 7.07. The van der Waals surface area contributed by atoms with E-state index in [0.717, 1.165) is 47.7 Å². The molecule has 1 fully saturated rings. The first-order chi connectivity index (χ1) is 13.1. The smallest absolute Gasteiger partial charge is 0.231 e. The van der Waals surface area contributed by atoms with Gasteiger partial charge in [0.1, 0.15) is 23.7 Å². The van der Waals surface area contributed by atoms with Crippen LogP contribution < -0.4 is 10.2 Å². The minimum Gasteiger partial charge on any atom is -0.469 e. The van der Waals surface area contributed by atoms with Crippen molar-refractivity contribution < 1.29 is 13.6 Å². The van der Waals surface area contributed by atoms with E-state index < -0.39 is 0 Å². The second-order valence-electron chi connectivity index (χ2n) is 7.07. The topological polar surface area (TPSA) is 84.4 Å². The van der Waals surface area contributed by atoms with E-state index in [0.29, 0.717) is 25.2 Å². The number of anilines is 1. The third kappa shape index (κ3) is 3.54. The first-order valence-corrected chi connectivity index (χ1v) is 9.39. The summed E-state index contributed by atoms with van der Waals surface area (Å²) < 4.78 is 11.0. The van der Waals surface area contributed by atoms with E-state index in [1.54, 1.807) is 6.26 Å². The third-order valence-electron chi connectivity index (χ3n) is 5.29. The maximum Gasteiger partial charge on any atom is 0.231 e. The minimum absolute atomic E-state index is 0.0475. The molecule has 1 aliphatic rings. The summed E-state index contributed by atoms with van der Waals surface area (Å²) in [6, 6.07) is 3.78. The number of rotatable bonds is 5. The standard InChI is InChI=1S/C20H24N4O3/c1-13-14(2)27-20-17(13)18(22-12-23-20)24-9-3-5-15(11-24)19(25)21-8-7-16-6-4-10-26-16/h4,6,10,12,15H,3,5,7-9,11H2,1-2H3,(H,21,25). The Balaban J connectivity index is 1.44. The predicted molar refractivity (Wildman–Crippen MR) is 102 cm³/mol. The molecule has 1 N–H and O–H groups in total. The molecule has 1 atom stereocenters. The Labute approximate surface area is 157 Å². The molecule has 0 aliphatic carbocycles. The van der Waals surface area contributed by atoms with Gasteiger partial charge in [0, 0.05) is 31.6 Å². The molecule has 27 heavy (non-hydrogen) atoms. The summed E-state index contributed by atoms with van der Waals surface area (Å²) in [5.41, 5.74) is 1.67. The van der Waals surface area contributed by atoms with E-state index in [1.165, 1.54) is 6.33 Å². The number of furan rings is 2. The SMILES string of the molecule is Cc1oc2ncnc(N3CCCC(C(=O)NCCc4ccco4)C3)c2c1C. The minimum atomic E-state index is -0.0475. The van der Waals surface area contributed by atoms with E-state index >= 15 is 0 Å². The normalized spacial score (nSPS) is 17.4. The van der Waals surface area contributed by atoms with E-state index in [1.807, 2.05) is 26.0 Å². The molecule has 1 unspecified atom stereocenters. The molecule has 0 spiro atoms. The van der Waals surface area contributed by atoms with E-state index in [-0.39, 0.29) is 11.8 Å². The van der Waals surface area contributed by atoms with Crippen molar-refractivity contribution in [2.45, 2.75) is 33.1 Å². The summed E-state index contributed by atoms with van der Waals surface area (Å²) in [4.78, 5) is 23.6. The highest BCUT2D eigenvalue weighted by atomic mass is 16.3. The number of amides is 1. The molecule has 0 aromatic carbocycles. The first kappa shape index (κ1) is 17.6. The van der Waals surface area contributed by atoms with Crippen molar-refractivity contribution in [3.05, 3.63) is 41.8 Å². The highest BCUT2D eigenvalue weighted by Gasteiger charge is 2.28. The highest BCUT2D eigenvalue weighted by molar-refractivity contribution is 5.90. The lowest BCUT2D eigenvalue weighted by Crippen LogP contribution is -2.43. The molecule has 3 aromatic rings. The zero-order chi connectivity index (χ0) is 18.8. The summed E-state index contributed by atoms with van der Waals surface area (Å²) in [7, 11) is 0. The van der Waals surface area contributed by atoms with Gasteiger partial charge in [-0.05, 0) is 38.8 Å². The van der Waals surface area contributed by atoms with Crippen molar-refractivity contribution in [2.75, 3.05) is 24.5 Å². The van der Waals surface area contributed by atoms with Gasteiger partial charge in [-0.1, -0.05) is 0 Å². The zero-order valence-electron chi connectivity index (χ0n) is 15.7. The third-order valence-corrected chi connectivity index (χ3v) is 5.29. The van der Waals surface area contributed by atoms with Gasteiger partial charge in [-0.15, -0.1) is 0 Å². The Morgan fingerprint density at radius 1 is 1.37 bits per heavy atom. The lowest BCUT2D eigenvalue weighted by molar-refractivity contribution is -0.125. The molecule has 4 rings (SSSR count). The summed E-state index contributed by atoms with van der Waals surface area (Å²) in [5.74, 6) is 2.65. The van der Waals surface area contributed by atoms with Crippen LogP contribution in [0.1, 0.15) is 29.9 Å². The maximum atomic E-state index is 12.6. The highest BCUT2D eigenvalue weighted by Crippen LogP contribution is 2.32. The molecule has 4 heterocycles. The lowest BCUT2D eigenvalue weighted by atomic mass is 9.96. The van der Waals surface area contributed by atoms with Crippen molar-refractivity contribution in [1.82, 2.24) is 15.3 Å². The largest absolute Gasteiger partial charge is 0.469 e. The van der Waals surface area contributed by atoms with Gasteiger partial charge < -0.3 is 19.1 Å². The van der Waals surface area contributed by atoms with Crippen LogP contribution in [0.5, 0.6) is 0 Å². The van der Waals surface area contributed by atoms with Crippen LogP contribution >= 0.6 is 0 Å². The van der Waals surface area contributed by atoms with Gasteiger partial charge in [-0.25, -0.2) is 9.97 Å². The molecule has 142 valence electrons. The molecule has 3 aromatic heterocycles. The summed E-state index contributed by atoms with van der Waals surface area (Å²) in [6.45, 7) is 6.08. The number of aromatic nitrogens is 2. The molecular weight excluding hydrogens is 344 g/mol. The van der Waals surface area contributed by atoms with Crippen LogP contribution in [-0.2, 0) is 11.2 Å². The Kier molecular flexibility index (Phi) is 4.83. The van der Waals surface area contributed by atoms with Crippen molar-refractivity contribution in [3.8, 4) is 0 Å². The summed E-state index contributed by atoms with van der Waals surface area (Å²) >= 11 is 0. The van der Waals surface area contributed by atoms with Crippen molar-refractivity contribution in [1.29, 1.82) is 0 Å². The number of hydrogen-bond donors (Lipinski definition) is 1. The number of aryl methyl sites for hydroxylation is 2. The Morgan fingerprint density at radius 3 is 3.07 bits per heavy atom. The molecule has 1 saturated heterocycles. The molecular formula is C20H24N4O3. The van der Waals surface area contributed by atoms with Crippen LogP contribution in [0.15, 0.2) is 33.6 Å². The number of hydrogen-bond acceptors (Lipinski definition) is 6. The van der Waals surface area contributed by atoms with Crippen LogP contribution in [0.3, 0.4) is 0 Å². The molecule has 1 aliphatic heterocycles. The molecule has 0 radical (unpaired) electrons. The Hall–Kier alpha value is -2.83. The van der Waals surface area contributed by atoms with Crippen molar-refractivity contribution in [2.24, 2.45) is 5.92 Å². The molecule has 7 heteroatoms. The fourth-order valence-corrected chi connectivity index (χ4v) is 3.70. The number of carbonyl (C=O) groups is 1. The zero-order valence-corrected chi connectivity index (χ0v) is 15.7. The van der Waals surface area contributed by atoms with Crippen molar-refractivity contribution >= 4 is 22.8 Å². The Morgan fingerprint density at radius 2 is 2.26 bits per heavy atom. The van der Waals surface area contributed by atoms with E-state index in [9.17, 15) is 4.79 Å². The van der Waals surface area contributed by atoms with E-state index in [2.05, 4.69) is 20.2 Å². The van der Waals surface area contributed by atoms with Gasteiger partial charge >= 0.3 is 0 Å². The van der Waals surface area contributed by atoms with Gasteiger partial charge in [0.05, 0.1) is 17.6 Å². The molecule has 1 amide bonds.